The van der Waals surface area contributed by atoms with Crippen LogP contribution < -0.4 is 10.1 Å². The third-order valence-corrected chi connectivity index (χ3v) is 5.24. The van der Waals surface area contributed by atoms with Crippen molar-refractivity contribution < 1.29 is 9.15 Å². The van der Waals surface area contributed by atoms with Crippen molar-refractivity contribution in [2.45, 2.75) is 19.9 Å². The van der Waals surface area contributed by atoms with Gasteiger partial charge in [-0.25, -0.2) is 15.0 Å². The van der Waals surface area contributed by atoms with E-state index in [-0.39, 0.29) is 6.01 Å². The van der Waals surface area contributed by atoms with E-state index in [0.717, 1.165) is 28.1 Å². The van der Waals surface area contributed by atoms with Crippen molar-refractivity contribution in [3.8, 4) is 11.8 Å². The van der Waals surface area contributed by atoms with Gasteiger partial charge in [0.15, 0.2) is 0 Å². The summed E-state index contributed by atoms with van der Waals surface area (Å²) in [6.07, 6.45) is 3.57. The number of nitrogens with zero attached hydrogens (tertiary/aromatic N) is 6. The third-order valence-electron chi connectivity index (χ3n) is 5.05. The number of fused-ring (bicyclic) bond motifs is 1. The summed E-state index contributed by atoms with van der Waals surface area (Å²) in [5, 5.41) is 11.8. The summed E-state index contributed by atoms with van der Waals surface area (Å²) in [5.41, 5.74) is 4.11. The first-order chi connectivity index (χ1) is 16.0. The Hall–Kier alpha value is -3.98. The molecule has 0 unspecified atom stereocenters. The smallest absolute Gasteiger partial charge is 0.321 e. The van der Waals surface area contributed by atoms with E-state index in [4.69, 9.17) is 25.7 Å². The van der Waals surface area contributed by atoms with Crippen LogP contribution in [0.15, 0.2) is 59.3 Å². The number of nitrogens with one attached hydrogen (secondary N) is 1. The van der Waals surface area contributed by atoms with E-state index in [1.54, 1.807) is 6.92 Å². The number of hydrogen-bond donors (Lipinski definition) is 1. The molecule has 2 aromatic carbocycles. The van der Waals surface area contributed by atoms with E-state index < -0.39 is 0 Å². The molecule has 0 bridgehead atoms. The van der Waals surface area contributed by atoms with Crippen LogP contribution in [0.25, 0.3) is 11.0 Å². The Kier molecular flexibility index (Phi) is 5.62. The van der Waals surface area contributed by atoms with Crippen molar-refractivity contribution >= 4 is 28.6 Å². The van der Waals surface area contributed by atoms with Crippen LogP contribution >= 0.6 is 11.6 Å². The zero-order valence-electron chi connectivity index (χ0n) is 18.0. The van der Waals surface area contributed by atoms with Gasteiger partial charge in [0.2, 0.25) is 17.7 Å². The fraction of sp³-hybridized carbons (Fsp3) is 0.174. The first-order valence-electron chi connectivity index (χ1n) is 10.3. The van der Waals surface area contributed by atoms with Crippen LogP contribution in [0.3, 0.4) is 0 Å². The Morgan fingerprint density at radius 2 is 1.79 bits per heavy atom. The first kappa shape index (κ1) is 20.9. The predicted molar refractivity (Wildman–Crippen MR) is 123 cm³/mol. The van der Waals surface area contributed by atoms with Gasteiger partial charge in [0.25, 0.3) is 0 Å². The molecule has 0 saturated carbocycles. The molecule has 0 aliphatic rings. The second kappa shape index (κ2) is 8.87. The van der Waals surface area contributed by atoms with Crippen LogP contribution in [0.5, 0.6) is 11.8 Å². The summed E-state index contributed by atoms with van der Waals surface area (Å²) in [4.78, 5) is 12.8. The minimum atomic E-state index is 0.249. The molecular formula is C23H20ClN7O2. The monoisotopic (exact) mass is 461 g/mol. The van der Waals surface area contributed by atoms with Gasteiger partial charge in [0.1, 0.15) is 5.75 Å². The number of ether oxygens (including phenoxy) is 1. The van der Waals surface area contributed by atoms with E-state index in [1.807, 2.05) is 48.0 Å². The van der Waals surface area contributed by atoms with Gasteiger partial charge >= 0.3 is 6.01 Å². The molecule has 9 nitrogen and oxygen atoms in total. The third kappa shape index (κ3) is 4.78. The van der Waals surface area contributed by atoms with Gasteiger partial charge in [-0.15, -0.1) is 10.2 Å². The molecule has 0 amide bonds. The summed E-state index contributed by atoms with van der Waals surface area (Å²) in [6, 6.07) is 14.1. The molecule has 0 saturated heterocycles. The molecule has 3 heterocycles. The van der Waals surface area contributed by atoms with E-state index in [0.29, 0.717) is 35.5 Å². The van der Waals surface area contributed by atoms with Crippen molar-refractivity contribution in [2.24, 2.45) is 7.05 Å². The predicted octanol–water partition coefficient (Wildman–Crippen LogP) is 4.70. The number of aromatic nitrogens is 6. The van der Waals surface area contributed by atoms with E-state index in [9.17, 15) is 0 Å². The average Bonchev–Trinajstić information content (AvgIpc) is 3.37. The summed E-state index contributed by atoms with van der Waals surface area (Å²) >= 11 is 5.80. The molecule has 166 valence electrons. The Balaban J connectivity index is 1.25. The second-order valence-electron chi connectivity index (χ2n) is 7.49. The lowest BCUT2D eigenvalue weighted by Crippen LogP contribution is -2.05. The second-order valence-corrected chi connectivity index (χ2v) is 7.93. The van der Waals surface area contributed by atoms with Crippen LogP contribution in [0.4, 0.5) is 5.95 Å². The first-order valence-corrected chi connectivity index (χ1v) is 10.6. The van der Waals surface area contributed by atoms with Gasteiger partial charge < -0.3 is 19.0 Å². The largest absolute Gasteiger partial charge is 0.425 e. The summed E-state index contributed by atoms with van der Waals surface area (Å²) in [5.74, 6) is 2.59. The molecule has 0 aliphatic carbocycles. The van der Waals surface area contributed by atoms with E-state index in [2.05, 4.69) is 31.5 Å². The molecule has 33 heavy (non-hydrogen) atoms. The summed E-state index contributed by atoms with van der Waals surface area (Å²) < 4.78 is 13.2. The normalized spacial score (nSPS) is 11.1. The lowest BCUT2D eigenvalue weighted by Gasteiger charge is -2.08. The van der Waals surface area contributed by atoms with Crippen molar-refractivity contribution in [1.29, 1.82) is 0 Å². The Morgan fingerprint density at radius 3 is 2.52 bits per heavy atom. The topological polar surface area (TPSA) is 104 Å². The number of anilines is 1. The molecule has 10 heteroatoms. The lowest BCUT2D eigenvalue weighted by atomic mass is 10.1. The highest BCUT2D eigenvalue weighted by Gasteiger charge is 2.11. The van der Waals surface area contributed by atoms with Gasteiger partial charge in [0, 0.05) is 20.5 Å². The maximum atomic E-state index is 5.80. The van der Waals surface area contributed by atoms with Gasteiger partial charge in [-0.05, 0) is 35.4 Å². The number of imidazole rings is 1. The molecular weight excluding hydrogens is 442 g/mol. The fourth-order valence-corrected chi connectivity index (χ4v) is 3.50. The molecule has 0 aliphatic heterocycles. The highest BCUT2D eigenvalue weighted by atomic mass is 35.5. The molecule has 3 aromatic heterocycles. The van der Waals surface area contributed by atoms with Crippen molar-refractivity contribution in [3.05, 3.63) is 82.8 Å². The lowest BCUT2D eigenvalue weighted by molar-refractivity contribution is 0.441. The molecule has 1 N–H and O–H groups in total. The zero-order chi connectivity index (χ0) is 22.8. The Labute approximate surface area is 194 Å². The van der Waals surface area contributed by atoms with Gasteiger partial charge in [-0.1, -0.05) is 29.8 Å². The summed E-state index contributed by atoms with van der Waals surface area (Å²) in [7, 11) is 1.99. The standard InChI is InChI=1S/C23H20ClN7O2/c1-14-29-30-21(32-14)10-16-5-8-19-20(9-16)31(2)22(28-19)25-11-15-3-6-18(7-4-15)33-23-26-12-17(24)13-27-23/h3-9,12-13H,10-11H2,1-2H3,(H,25,28). The Bertz CT molecular complexity index is 1400. The molecule has 5 aromatic rings. The fourth-order valence-electron chi connectivity index (χ4n) is 3.40. The average molecular weight is 462 g/mol. The summed E-state index contributed by atoms with van der Waals surface area (Å²) in [6.45, 7) is 2.40. The van der Waals surface area contributed by atoms with Gasteiger partial charge in [-0.3, -0.25) is 0 Å². The van der Waals surface area contributed by atoms with E-state index in [1.165, 1.54) is 12.4 Å². The minimum absolute atomic E-state index is 0.249. The number of hydrogen-bond acceptors (Lipinski definition) is 8. The molecule has 0 radical (unpaired) electrons. The minimum Gasteiger partial charge on any atom is -0.425 e. The van der Waals surface area contributed by atoms with Gasteiger partial charge in [0.05, 0.1) is 34.9 Å². The molecule has 0 atom stereocenters. The highest BCUT2D eigenvalue weighted by Crippen LogP contribution is 2.23. The Morgan fingerprint density at radius 1 is 1.03 bits per heavy atom. The van der Waals surface area contributed by atoms with Crippen LogP contribution in [-0.4, -0.2) is 29.7 Å². The quantitative estimate of drug-likeness (QED) is 0.372. The van der Waals surface area contributed by atoms with Gasteiger partial charge in [-0.2, -0.15) is 0 Å². The number of aryl methyl sites for hydroxylation is 2. The van der Waals surface area contributed by atoms with Crippen molar-refractivity contribution in [2.75, 3.05) is 5.32 Å². The number of rotatable bonds is 7. The maximum absolute atomic E-state index is 5.80. The molecule has 0 fully saturated rings. The number of halogens is 1. The van der Waals surface area contributed by atoms with Crippen LogP contribution in [0.2, 0.25) is 5.02 Å². The molecule has 5 rings (SSSR count). The van der Waals surface area contributed by atoms with E-state index >= 15 is 0 Å². The maximum Gasteiger partial charge on any atom is 0.321 e. The SMILES string of the molecule is Cc1nnc(Cc2ccc3nc(NCc4ccc(Oc5ncc(Cl)cn5)cc4)n(C)c3c2)o1. The number of benzene rings is 2. The van der Waals surface area contributed by atoms with Crippen molar-refractivity contribution in [1.82, 2.24) is 29.7 Å². The van der Waals surface area contributed by atoms with Crippen LogP contribution in [-0.2, 0) is 20.0 Å². The highest BCUT2D eigenvalue weighted by molar-refractivity contribution is 6.30. The zero-order valence-corrected chi connectivity index (χ0v) is 18.7. The van der Waals surface area contributed by atoms with Crippen LogP contribution in [0, 0.1) is 6.92 Å². The molecule has 0 spiro atoms. The van der Waals surface area contributed by atoms with Crippen LogP contribution in [0.1, 0.15) is 22.9 Å². The van der Waals surface area contributed by atoms with Crippen molar-refractivity contribution in [3.63, 3.8) is 0 Å².